The van der Waals surface area contributed by atoms with E-state index in [4.69, 9.17) is 4.98 Å². The van der Waals surface area contributed by atoms with Gasteiger partial charge in [-0.05, 0) is 62.8 Å². The van der Waals surface area contributed by atoms with E-state index in [0.717, 1.165) is 22.6 Å². The Labute approximate surface area is 164 Å². The van der Waals surface area contributed by atoms with Crippen LogP contribution in [0, 0.1) is 19.7 Å². The summed E-state index contributed by atoms with van der Waals surface area (Å²) in [5.74, 6) is 1.76. The van der Waals surface area contributed by atoms with E-state index in [1.54, 1.807) is 16.9 Å². The van der Waals surface area contributed by atoms with Crippen LogP contribution in [-0.2, 0) is 6.54 Å². The first kappa shape index (κ1) is 18.4. The molecular formula is C21H25FN6. The van der Waals surface area contributed by atoms with E-state index in [1.165, 1.54) is 24.5 Å². The highest BCUT2D eigenvalue weighted by atomic mass is 19.1. The second-order valence-electron chi connectivity index (χ2n) is 7.33. The van der Waals surface area contributed by atoms with Crippen LogP contribution in [0.15, 0.2) is 36.7 Å². The molecule has 2 aromatic heterocycles. The summed E-state index contributed by atoms with van der Waals surface area (Å²) < 4.78 is 13.5. The minimum atomic E-state index is -0.234. The fourth-order valence-corrected chi connectivity index (χ4v) is 3.18. The molecule has 7 heteroatoms. The molecular weight excluding hydrogens is 355 g/mol. The van der Waals surface area contributed by atoms with Gasteiger partial charge in [0.2, 0.25) is 5.95 Å². The molecule has 6 nitrogen and oxygen atoms in total. The molecule has 146 valence electrons. The number of aromatic nitrogens is 4. The Kier molecular flexibility index (Phi) is 4.98. The Morgan fingerprint density at radius 2 is 2.07 bits per heavy atom. The average Bonchev–Trinajstić information content (AvgIpc) is 3.42. The lowest BCUT2D eigenvalue weighted by Gasteiger charge is -2.23. The number of halogens is 1. The number of anilines is 2. The Morgan fingerprint density at radius 3 is 2.79 bits per heavy atom. The van der Waals surface area contributed by atoms with Crippen LogP contribution in [0.25, 0.3) is 0 Å². The van der Waals surface area contributed by atoms with Gasteiger partial charge in [0.25, 0.3) is 0 Å². The maximum atomic E-state index is 13.5. The molecule has 0 radical (unpaired) electrons. The van der Waals surface area contributed by atoms with Crippen LogP contribution in [0.1, 0.15) is 48.1 Å². The van der Waals surface area contributed by atoms with E-state index < -0.39 is 0 Å². The van der Waals surface area contributed by atoms with E-state index in [2.05, 4.69) is 15.5 Å². The van der Waals surface area contributed by atoms with Crippen molar-refractivity contribution in [3.05, 3.63) is 64.9 Å². The topological polar surface area (TPSA) is 58.9 Å². The van der Waals surface area contributed by atoms with Crippen molar-refractivity contribution in [1.29, 1.82) is 0 Å². The van der Waals surface area contributed by atoms with Gasteiger partial charge >= 0.3 is 0 Å². The number of hydrogen-bond donors (Lipinski definition) is 1. The molecule has 0 bridgehead atoms. The smallest absolute Gasteiger partial charge is 0.227 e. The molecule has 3 aromatic rings. The first-order valence-electron chi connectivity index (χ1n) is 9.69. The lowest BCUT2D eigenvalue weighted by Crippen LogP contribution is -2.25. The molecule has 1 fully saturated rings. The SMILES string of the molecule is CCN(Cc1cccc(F)c1)c1nc(C)c(C)c(Nn2cc(C3CC3)cn2)n1. The van der Waals surface area contributed by atoms with Gasteiger partial charge in [0.15, 0.2) is 5.82 Å². The van der Waals surface area contributed by atoms with Crippen LogP contribution >= 0.6 is 0 Å². The van der Waals surface area contributed by atoms with Crippen LogP contribution in [0.5, 0.6) is 0 Å². The molecule has 0 spiro atoms. The van der Waals surface area contributed by atoms with Gasteiger partial charge in [0.05, 0.1) is 12.4 Å². The molecule has 1 saturated carbocycles. The molecule has 1 aliphatic carbocycles. The number of aryl methyl sites for hydroxylation is 1. The Balaban J connectivity index is 1.59. The highest BCUT2D eigenvalue weighted by molar-refractivity contribution is 5.50. The van der Waals surface area contributed by atoms with Crippen molar-refractivity contribution in [2.24, 2.45) is 0 Å². The Bertz CT molecular complexity index is 979. The molecule has 1 aromatic carbocycles. The van der Waals surface area contributed by atoms with Gasteiger partial charge in [-0.3, -0.25) is 5.43 Å². The second kappa shape index (κ2) is 7.58. The van der Waals surface area contributed by atoms with E-state index in [1.807, 2.05) is 44.1 Å². The van der Waals surface area contributed by atoms with Gasteiger partial charge < -0.3 is 4.90 Å². The fraction of sp³-hybridized carbons (Fsp3) is 0.381. The minimum Gasteiger partial charge on any atom is -0.337 e. The number of nitrogens with one attached hydrogen (secondary N) is 1. The van der Waals surface area contributed by atoms with Gasteiger partial charge in [-0.1, -0.05) is 12.1 Å². The maximum absolute atomic E-state index is 13.5. The van der Waals surface area contributed by atoms with E-state index in [0.29, 0.717) is 25.0 Å². The quantitative estimate of drug-likeness (QED) is 0.665. The lowest BCUT2D eigenvalue weighted by atomic mass is 10.2. The number of rotatable bonds is 7. The third-order valence-corrected chi connectivity index (χ3v) is 5.18. The summed E-state index contributed by atoms with van der Waals surface area (Å²) >= 11 is 0. The van der Waals surface area contributed by atoms with Gasteiger partial charge in [0.1, 0.15) is 5.82 Å². The summed E-state index contributed by atoms with van der Waals surface area (Å²) in [5.41, 5.74) is 7.31. The van der Waals surface area contributed by atoms with E-state index in [9.17, 15) is 4.39 Å². The van der Waals surface area contributed by atoms with Crippen molar-refractivity contribution in [3.63, 3.8) is 0 Å². The number of hydrogen-bond acceptors (Lipinski definition) is 5. The molecule has 0 saturated heterocycles. The van der Waals surface area contributed by atoms with E-state index >= 15 is 0 Å². The zero-order chi connectivity index (χ0) is 19.7. The van der Waals surface area contributed by atoms with Gasteiger partial charge in [0, 0.05) is 24.3 Å². The van der Waals surface area contributed by atoms with Crippen LogP contribution in [0.4, 0.5) is 16.2 Å². The van der Waals surface area contributed by atoms with E-state index in [-0.39, 0.29) is 5.82 Å². The molecule has 4 rings (SSSR count). The number of nitrogens with zero attached hydrogens (tertiary/aromatic N) is 5. The lowest BCUT2D eigenvalue weighted by molar-refractivity contribution is 0.624. The zero-order valence-electron chi connectivity index (χ0n) is 16.5. The molecule has 1 N–H and O–H groups in total. The first-order valence-corrected chi connectivity index (χ1v) is 9.69. The van der Waals surface area contributed by atoms with Crippen LogP contribution < -0.4 is 10.3 Å². The van der Waals surface area contributed by atoms with Crippen LogP contribution in [0.3, 0.4) is 0 Å². The van der Waals surface area contributed by atoms with Crippen molar-refractivity contribution >= 4 is 11.8 Å². The first-order chi connectivity index (χ1) is 13.5. The minimum absolute atomic E-state index is 0.234. The summed E-state index contributed by atoms with van der Waals surface area (Å²) in [6.07, 6.45) is 6.43. The van der Waals surface area contributed by atoms with Gasteiger partial charge in [-0.25, -0.2) is 9.37 Å². The van der Waals surface area contributed by atoms with Crippen molar-refractivity contribution in [3.8, 4) is 0 Å². The predicted molar refractivity (Wildman–Crippen MR) is 108 cm³/mol. The fourth-order valence-electron chi connectivity index (χ4n) is 3.18. The standard InChI is InChI=1S/C21H25FN6/c1-4-27(12-16-6-5-7-19(22)10-16)21-24-15(3)14(2)20(25-21)26-28-13-18(11-23-28)17-8-9-17/h5-7,10-11,13,17H,4,8-9,12H2,1-3H3,(H,24,25,26). The maximum Gasteiger partial charge on any atom is 0.227 e. The Morgan fingerprint density at radius 1 is 1.25 bits per heavy atom. The monoisotopic (exact) mass is 380 g/mol. The zero-order valence-corrected chi connectivity index (χ0v) is 16.5. The summed E-state index contributed by atoms with van der Waals surface area (Å²) in [6.45, 7) is 7.27. The average molecular weight is 380 g/mol. The third-order valence-electron chi connectivity index (χ3n) is 5.18. The molecule has 0 aliphatic heterocycles. The molecule has 0 amide bonds. The molecule has 28 heavy (non-hydrogen) atoms. The summed E-state index contributed by atoms with van der Waals surface area (Å²) in [5, 5.41) is 4.41. The largest absolute Gasteiger partial charge is 0.337 e. The van der Waals surface area contributed by atoms with Gasteiger partial charge in [-0.2, -0.15) is 14.9 Å². The summed E-state index contributed by atoms with van der Waals surface area (Å²) in [4.78, 5) is 13.1. The van der Waals surface area contributed by atoms with Crippen molar-refractivity contribution in [2.45, 2.75) is 46.1 Å². The highest BCUT2D eigenvalue weighted by Crippen LogP contribution is 2.39. The molecule has 0 atom stereocenters. The van der Waals surface area contributed by atoms with Crippen LogP contribution in [-0.4, -0.2) is 26.4 Å². The second-order valence-corrected chi connectivity index (χ2v) is 7.33. The normalized spacial score (nSPS) is 13.6. The van der Waals surface area contributed by atoms with Crippen LogP contribution in [0.2, 0.25) is 0 Å². The van der Waals surface area contributed by atoms with Crippen molar-refractivity contribution in [2.75, 3.05) is 16.9 Å². The summed E-state index contributed by atoms with van der Waals surface area (Å²) in [7, 11) is 0. The highest BCUT2D eigenvalue weighted by Gasteiger charge is 2.25. The predicted octanol–water partition coefficient (Wildman–Crippen LogP) is 4.21. The van der Waals surface area contributed by atoms with Crippen molar-refractivity contribution < 1.29 is 4.39 Å². The third kappa shape index (κ3) is 3.98. The Hall–Kier alpha value is -2.96. The van der Waals surface area contributed by atoms with Gasteiger partial charge in [-0.15, -0.1) is 0 Å². The molecule has 2 heterocycles. The summed E-state index contributed by atoms with van der Waals surface area (Å²) in [6, 6.07) is 6.64. The number of benzene rings is 1. The molecule has 1 aliphatic rings. The molecule has 0 unspecified atom stereocenters. The van der Waals surface area contributed by atoms with Crippen molar-refractivity contribution in [1.82, 2.24) is 19.9 Å².